The van der Waals surface area contributed by atoms with Crippen LogP contribution in [0.4, 0.5) is 0 Å². The SMILES string of the molecule is CC1=CCC2C(C)(C)CCC[C@]2(C)[C@H]1CCO. The number of allylic oxidation sites excluding steroid dienone is 2. The van der Waals surface area contributed by atoms with E-state index in [1.165, 1.54) is 31.3 Å². The van der Waals surface area contributed by atoms with E-state index in [-0.39, 0.29) is 0 Å². The number of hydrogen-bond donors (Lipinski definition) is 1. The Morgan fingerprint density at radius 2 is 2.00 bits per heavy atom. The smallest absolute Gasteiger partial charge is 0.0436 e. The summed E-state index contributed by atoms with van der Waals surface area (Å²) in [6.45, 7) is 9.97. The number of aliphatic hydroxyl groups excluding tert-OH is 1. The highest BCUT2D eigenvalue weighted by Gasteiger charge is 2.51. The highest BCUT2D eigenvalue weighted by Crippen LogP contribution is 2.60. The first kappa shape index (κ1) is 13.1. The Morgan fingerprint density at radius 3 is 2.65 bits per heavy atom. The maximum Gasteiger partial charge on any atom is 0.0436 e. The molecule has 0 heterocycles. The van der Waals surface area contributed by atoms with E-state index in [0.717, 1.165) is 12.3 Å². The molecular formula is C16H28O. The van der Waals surface area contributed by atoms with Gasteiger partial charge in [-0.3, -0.25) is 0 Å². The molecule has 0 radical (unpaired) electrons. The second-order valence-electron chi connectivity index (χ2n) is 7.15. The first-order valence-corrected chi connectivity index (χ1v) is 7.19. The molecule has 98 valence electrons. The minimum atomic E-state index is 0.332. The summed E-state index contributed by atoms with van der Waals surface area (Å²) in [5.74, 6) is 1.40. The fourth-order valence-corrected chi connectivity index (χ4v) is 4.82. The molecule has 1 nitrogen and oxygen atoms in total. The zero-order valence-corrected chi connectivity index (χ0v) is 11.9. The number of aliphatic hydroxyl groups is 1. The Kier molecular flexibility index (Phi) is 3.42. The summed E-state index contributed by atoms with van der Waals surface area (Å²) in [6, 6.07) is 0. The van der Waals surface area contributed by atoms with E-state index in [2.05, 4.69) is 33.8 Å². The summed E-state index contributed by atoms with van der Waals surface area (Å²) in [6.07, 6.45) is 8.71. The Hall–Kier alpha value is -0.300. The molecule has 0 aliphatic heterocycles. The third kappa shape index (κ3) is 2.07. The normalized spacial score (nSPS) is 40.6. The van der Waals surface area contributed by atoms with Crippen LogP contribution in [0.5, 0.6) is 0 Å². The predicted octanol–water partition coefficient (Wildman–Crippen LogP) is 4.17. The molecule has 1 fully saturated rings. The first-order valence-electron chi connectivity index (χ1n) is 7.19. The highest BCUT2D eigenvalue weighted by atomic mass is 16.3. The third-order valence-electron chi connectivity index (χ3n) is 5.71. The maximum absolute atomic E-state index is 9.34. The molecule has 0 bridgehead atoms. The molecule has 1 heteroatoms. The highest BCUT2D eigenvalue weighted by molar-refractivity contribution is 5.18. The minimum Gasteiger partial charge on any atom is -0.396 e. The van der Waals surface area contributed by atoms with Crippen LogP contribution in [-0.2, 0) is 0 Å². The van der Waals surface area contributed by atoms with Gasteiger partial charge in [0.2, 0.25) is 0 Å². The van der Waals surface area contributed by atoms with Gasteiger partial charge in [-0.1, -0.05) is 38.8 Å². The Labute approximate surface area is 106 Å². The Balaban J connectivity index is 2.35. The van der Waals surface area contributed by atoms with Crippen molar-refractivity contribution in [3.05, 3.63) is 11.6 Å². The van der Waals surface area contributed by atoms with Gasteiger partial charge in [0.05, 0.1) is 0 Å². The van der Waals surface area contributed by atoms with E-state index in [1.807, 2.05) is 0 Å². The molecule has 1 saturated carbocycles. The van der Waals surface area contributed by atoms with Crippen LogP contribution in [0.3, 0.4) is 0 Å². The number of rotatable bonds is 2. The van der Waals surface area contributed by atoms with Crippen LogP contribution < -0.4 is 0 Å². The van der Waals surface area contributed by atoms with E-state index in [0.29, 0.717) is 23.4 Å². The van der Waals surface area contributed by atoms with Gasteiger partial charge in [-0.05, 0) is 55.3 Å². The summed E-state index contributed by atoms with van der Waals surface area (Å²) in [4.78, 5) is 0. The van der Waals surface area contributed by atoms with Gasteiger partial charge in [-0.2, -0.15) is 0 Å². The van der Waals surface area contributed by atoms with Gasteiger partial charge >= 0.3 is 0 Å². The van der Waals surface area contributed by atoms with Crippen LogP contribution in [0.25, 0.3) is 0 Å². The second kappa shape index (κ2) is 4.42. The van der Waals surface area contributed by atoms with E-state index in [4.69, 9.17) is 0 Å². The van der Waals surface area contributed by atoms with Gasteiger partial charge in [0, 0.05) is 6.61 Å². The average molecular weight is 236 g/mol. The van der Waals surface area contributed by atoms with Gasteiger partial charge in [0.1, 0.15) is 0 Å². The number of hydrogen-bond acceptors (Lipinski definition) is 1. The lowest BCUT2D eigenvalue weighted by Crippen LogP contribution is -2.48. The van der Waals surface area contributed by atoms with Crippen molar-refractivity contribution in [3.63, 3.8) is 0 Å². The van der Waals surface area contributed by atoms with Crippen molar-refractivity contribution in [2.45, 2.75) is 59.8 Å². The average Bonchev–Trinajstić information content (AvgIpc) is 2.22. The van der Waals surface area contributed by atoms with E-state index in [1.54, 1.807) is 0 Å². The summed E-state index contributed by atoms with van der Waals surface area (Å²) in [5, 5.41) is 9.34. The Morgan fingerprint density at radius 1 is 1.29 bits per heavy atom. The van der Waals surface area contributed by atoms with Crippen LogP contribution in [0, 0.1) is 22.7 Å². The van der Waals surface area contributed by atoms with Crippen molar-refractivity contribution in [1.29, 1.82) is 0 Å². The fraction of sp³-hybridized carbons (Fsp3) is 0.875. The van der Waals surface area contributed by atoms with Gasteiger partial charge in [-0.15, -0.1) is 0 Å². The van der Waals surface area contributed by atoms with Crippen molar-refractivity contribution >= 4 is 0 Å². The van der Waals surface area contributed by atoms with Crippen LogP contribution in [0.1, 0.15) is 59.8 Å². The zero-order valence-electron chi connectivity index (χ0n) is 11.9. The topological polar surface area (TPSA) is 20.2 Å². The van der Waals surface area contributed by atoms with Crippen molar-refractivity contribution in [2.75, 3.05) is 6.61 Å². The first-order chi connectivity index (χ1) is 7.92. The van der Waals surface area contributed by atoms with E-state index < -0.39 is 0 Å². The monoisotopic (exact) mass is 236 g/mol. The molecule has 0 aromatic rings. The van der Waals surface area contributed by atoms with Crippen LogP contribution in [0.2, 0.25) is 0 Å². The van der Waals surface area contributed by atoms with Crippen molar-refractivity contribution in [1.82, 2.24) is 0 Å². The molecule has 2 aliphatic rings. The van der Waals surface area contributed by atoms with Gasteiger partial charge < -0.3 is 5.11 Å². The van der Waals surface area contributed by atoms with E-state index >= 15 is 0 Å². The van der Waals surface area contributed by atoms with E-state index in [9.17, 15) is 5.11 Å². The number of fused-ring (bicyclic) bond motifs is 1. The fourth-order valence-electron chi connectivity index (χ4n) is 4.82. The molecule has 0 amide bonds. The molecule has 3 atom stereocenters. The largest absolute Gasteiger partial charge is 0.396 e. The lowest BCUT2D eigenvalue weighted by Gasteiger charge is -2.56. The molecule has 0 aromatic heterocycles. The zero-order chi connectivity index (χ0) is 12.7. The van der Waals surface area contributed by atoms with Crippen LogP contribution in [0.15, 0.2) is 11.6 Å². The molecule has 0 spiro atoms. The van der Waals surface area contributed by atoms with Gasteiger partial charge in [-0.25, -0.2) is 0 Å². The Bertz CT molecular complexity index is 315. The summed E-state index contributed by atoms with van der Waals surface area (Å²) in [7, 11) is 0. The lowest BCUT2D eigenvalue weighted by atomic mass is 9.48. The van der Waals surface area contributed by atoms with Gasteiger partial charge in [0.15, 0.2) is 0 Å². The van der Waals surface area contributed by atoms with Crippen molar-refractivity contribution < 1.29 is 5.11 Å². The molecule has 2 rings (SSSR count). The van der Waals surface area contributed by atoms with Crippen LogP contribution >= 0.6 is 0 Å². The summed E-state index contributed by atoms with van der Waals surface area (Å²) >= 11 is 0. The molecule has 17 heavy (non-hydrogen) atoms. The molecule has 0 saturated heterocycles. The molecule has 1 N–H and O–H groups in total. The van der Waals surface area contributed by atoms with Crippen molar-refractivity contribution in [3.8, 4) is 0 Å². The maximum atomic E-state index is 9.34. The second-order valence-corrected chi connectivity index (χ2v) is 7.15. The summed E-state index contributed by atoms with van der Waals surface area (Å²) in [5.41, 5.74) is 2.41. The quantitative estimate of drug-likeness (QED) is 0.714. The van der Waals surface area contributed by atoms with Crippen LogP contribution in [-0.4, -0.2) is 11.7 Å². The minimum absolute atomic E-state index is 0.332. The summed E-state index contributed by atoms with van der Waals surface area (Å²) < 4.78 is 0. The molecule has 1 unspecified atom stereocenters. The third-order valence-corrected chi connectivity index (χ3v) is 5.71. The van der Waals surface area contributed by atoms with Crippen molar-refractivity contribution in [2.24, 2.45) is 22.7 Å². The van der Waals surface area contributed by atoms with Gasteiger partial charge in [0.25, 0.3) is 0 Å². The predicted molar refractivity (Wildman–Crippen MR) is 72.8 cm³/mol. The standard InChI is InChI=1S/C16H28O/c1-12-6-7-14-15(2,3)9-5-10-16(14,4)13(12)8-11-17/h6,13-14,17H,5,7-11H2,1-4H3/t13-,14?,16+/m0/s1. The molecule has 2 aliphatic carbocycles. The molecule has 0 aromatic carbocycles. The molecular weight excluding hydrogens is 208 g/mol. The lowest BCUT2D eigenvalue weighted by molar-refractivity contribution is -0.0425.